The molecule has 0 unspecified atom stereocenters. The zero-order valence-electron chi connectivity index (χ0n) is 14.3. The molecule has 3 aromatic rings. The van der Waals surface area contributed by atoms with Crippen LogP contribution < -0.4 is 10.6 Å². The number of nitrogen functional groups attached to an aromatic ring is 1. The Bertz CT molecular complexity index is 904. The molecule has 0 atom stereocenters. The SMILES string of the molecule is Nc1ccc2nc(N3CCN(C(=O)OCc4ccccc4)CC3)sc2c1. The molecular formula is C19H20N4O2S. The molecule has 0 bridgehead atoms. The summed E-state index contributed by atoms with van der Waals surface area (Å²) < 4.78 is 6.50. The lowest BCUT2D eigenvalue weighted by Gasteiger charge is -2.33. The van der Waals surface area contributed by atoms with Crippen LogP contribution in [-0.4, -0.2) is 42.2 Å². The van der Waals surface area contributed by atoms with Gasteiger partial charge in [-0.3, -0.25) is 0 Å². The lowest BCUT2D eigenvalue weighted by molar-refractivity contribution is 0.0942. The van der Waals surface area contributed by atoms with Crippen molar-refractivity contribution >= 4 is 38.5 Å². The highest BCUT2D eigenvalue weighted by molar-refractivity contribution is 7.22. The van der Waals surface area contributed by atoms with Crippen molar-refractivity contribution < 1.29 is 9.53 Å². The van der Waals surface area contributed by atoms with Crippen LogP contribution in [0.15, 0.2) is 48.5 Å². The van der Waals surface area contributed by atoms with Gasteiger partial charge in [0.1, 0.15) is 6.61 Å². The number of benzene rings is 2. The predicted octanol–water partition coefficient (Wildman–Crippen LogP) is 3.34. The third-order valence-corrected chi connectivity index (χ3v) is 5.49. The molecule has 1 aliphatic heterocycles. The molecular weight excluding hydrogens is 348 g/mol. The van der Waals surface area contributed by atoms with Gasteiger partial charge in [-0.1, -0.05) is 41.7 Å². The van der Waals surface area contributed by atoms with E-state index in [0.29, 0.717) is 19.7 Å². The van der Waals surface area contributed by atoms with Crippen molar-refractivity contribution in [2.75, 3.05) is 36.8 Å². The summed E-state index contributed by atoms with van der Waals surface area (Å²) in [4.78, 5) is 20.9. The number of aromatic nitrogens is 1. The molecule has 0 spiro atoms. The van der Waals surface area contributed by atoms with E-state index in [4.69, 9.17) is 10.5 Å². The first-order valence-corrected chi connectivity index (χ1v) is 9.37. The number of thiazole rings is 1. The van der Waals surface area contributed by atoms with Crippen LogP contribution in [0.1, 0.15) is 5.56 Å². The average molecular weight is 368 g/mol. The van der Waals surface area contributed by atoms with E-state index in [0.717, 1.165) is 39.7 Å². The van der Waals surface area contributed by atoms with Crippen LogP contribution in [0.4, 0.5) is 15.6 Å². The Balaban J connectivity index is 1.33. The molecule has 6 nitrogen and oxygen atoms in total. The maximum Gasteiger partial charge on any atom is 0.410 e. The highest BCUT2D eigenvalue weighted by Crippen LogP contribution is 2.30. The van der Waals surface area contributed by atoms with Gasteiger partial charge < -0.3 is 20.3 Å². The third-order valence-electron chi connectivity index (χ3n) is 4.41. The summed E-state index contributed by atoms with van der Waals surface area (Å²) in [6.07, 6.45) is -0.259. The van der Waals surface area contributed by atoms with E-state index in [2.05, 4.69) is 9.88 Å². The summed E-state index contributed by atoms with van der Waals surface area (Å²) >= 11 is 1.64. The van der Waals surface area contributed by atoms with Crippen molar-refractivity contribution in [2.45, 2.75) is 6.61 Å². The molecule has 2 heterocycles. The first kappa shape index (κ1) is 16.7. The van der Waals surface area contributed by atoms with Crippen molar-refractivity contribution in [3.8, 4) is 0 Å². The number of piperazine rings is 1. The van der Waals surface area contributed by atoms with Crippen LogP contribution in [0.25, 0.3) is 10.2 Å². The molecule has 4 rings (SSSR count). The lowest BCUT2D eigenvalue weighted by Crippen LogP contribution is -2.48. The zero-order valence-corrected chi connectivity index (χ0v) is 15.1. The second kappa shape index (κ2) is 7.21. The average Bonchev–Trinajstić information content (AvgIpc) is 3.10. The first-order valence-electron chi connectivity index (χ1n) is 8.56. The number of carbonyl (C=O) groups is 1. The van der Waals surface area contributed by atoms with E-state index in [1.54, 1.807) is 16.2 Å². The number of rotatable bonds is 3. The number of anilines is 2. The van der Waals surface area contributed by atoms with Crippen molar-refractivity contribution in [3.05, 3.63) is 54.1 Å². The molecule has 0 aliphatic carbocycles. The minimum Gasteiger partial charge on any atom is -0.445 e. The van der Waals surface area contributed by atoms with Crippen LogP contribution in [0.5, 0.6) is 0 Å². The van der Waals surface area contributed by atoms with Gasteiger partial charge in [-0.05, 0) is 23.8 Å². The van der Waals surface area contributed by atoms with Crippen molar-refractivity contribution in [3.63, 3.8) is 0 Å². The summed E-state index contributed by atoms with van der Waals surface area (Å²) in [5.74, 6) is 0. The second-order valence-electron chi connectivity index (χ2n) is 6.24. The van der Waals surface area contributed by atoms with Crippen LogP contribution in [0.3, 0.4) is 0 Å². The fraction of sp³-hybridized carbons (Fsp3) is 0.263. The summed E-state index contributed by atoms with van der Waals surface area (Å²) in [5, 5.41) is 0.975. The molecule has 7 heteroatoms. The van der Waals surface area contributed by atoms with Gasteiger partial charge in [-0.25, -0.2) is 9.78 Å². The molecule has 1 aromatic heterocycles. The number of fused-ring (bicyclic) bond motifs is 1. The first-order chi connectivity index (χ1) is 12.7. The number of hydrogen-bond acceptors (Lipinski definition) is 6. The van der Waals surface area contributed by atoms with E-state index >= 15 is 0 Å². The molecule has 1 amide bonds. The topological polar surface area (TPSA) is 71.7 Å². The maximum atomic E-state index is 12.3. The Kier molecular flexibility index (Phi) is 4.62. The number of amides is 1. The van der Waals surface area contributed by atoms with Gasteiger partial charge in [0.05, 0.1) is 10.2 Å². The van der Waals surface area contributed by atoms with E-state index in [1.165, 1.54) is 0 Å². The molecule has 134 valence electrons. The standard InChI is InChI=1S/C19H20N4O2S/c20-15-6-7-16-17(12-15)26-18(21-16)22-8-10-23(11-9-22)19(24)25-13-14-4-2-1-3-5-14/h1-7,12H,8-11,13,20H2. The number of ether oxygens (including phenoxy) is 1. The largest absolute Gasteiger partial charge is 0.445 e. The van der Waals surface area contributed by atoms with Crippen molar-refractivity contribution in [2.24, 2.45) is 0 Å². The van der Waals surface area contributed by atoms with Crippen LogP contribution in [-0.2, 0) is 11.3 Å². The summed E-state index contributed by atoms with van der Waals surface area (Å²) in [6, 6.07) is 15.5. The molecule has 2 N–H and O–H groups in total. The zero-order chi connectivity index (χ0) is 17.9. The van der Waals surface area contributed by atoms with Gasteiger partial charge in [-0.2, -0.15) is 0 Å². The summed E-state index contributed by atoms with van der Waals surface area (Å²) in [7, 11) is 0. The van der Waals surface area contributed by atoms with E-state index < -0.39 is 0 Å². The molecule has 1 fully saturated rings. The minimum atomic E-state index is -0.259. The molecule has 0 radical (unpaired) electrons. The van der Waals surface area contributed by atoms with E-state index in [9.17, 15) is 4.79 Å². The smallest absolute Gasteiger partial charge is 0.410 e. The third kappa shape index (κ3) is 3.57. The van der Waals surface area contributed by atoms with Gasteiger partial charge in [0.15, 0.2) is 5.13 Å². The Hall–Kier alpha value is -2.80. The Labute approximate surface area is 155 Å². The minimum absolute atomic E-state index is 0.259. The van der Waals surface area contributed by atoms with Gasteiger partial charge in [0.25, 0.3) is 0 Å². The predicted molar refractivity (Wildman–Crippen MR) is 104 cm³/mol. The van der Waals surface area contributed by atoms with Crippen molar-refractivity contribution in [1.82, 2.24) is 9.88 Å². The Morgan fingerprint density at radius 1 is 1.12 bits per heavy atom. The molecule has 1 aliphatic rings. The molecule has 26 heavy (non-hydrogen) atoms. The van der Waals surface area contributed by atoms with Gasteiger partial charge >= 0.3 is 6.09 Å². The highest BCUT2D eigenvalue weighted by Gasteiger charge is 2.24. The van der Waals surface area contributed by atoms with Gasteiger partial charge in [0.2, 0.25) is 0 Å². The summed E-state index contributed by atoms with van der Waals surface area (Å²) in [6.45, 7) is 3.06. The highest BCUT2D eigenvalue weighted by atomic mass is 32.1. The quantitative estimate of drug-likeness (QED) is 0.718. The Morgan fingerprint density at radius 3 is 2.65 bits per heavy atom. The fourth-order valence-electron chi connectivity index (χ4n) is 2.96. The fourth-order valence-corrected chi connectivity index (χ4v) is 4.02. The lowest BCUT2D eigenvalue weighted by atomic mass is 10.2. The summed E-state index contributed by atoms with van der Waals surface area (Å²) in [5.41, 5.74) is 8.55. The van der Waals surface area contributed by atoms with Crippen LogP contribution >= 0.6 is 11.3 Å². The van der Waals surface area contributed by atoms with Gasteiger partial charge in [0, 0.05) is 31.9 Å². The number of hydrogen-bond donors (Lipinski definition) is 1. The molecule has 2 aromatic carbocycles. The van der Waals surface area contributed by atoms with E-state index in [-0.39, 0.29) is 6.09 Å². The molecule has 1 saturated heterocycles. The van der Waals surface area contributed by atoms with E-state index in [1.807, 2.05) is 48.5 Å². The second-order valence-corrected chi connectivity index (χ2v) is 7.25. The number of nitrogens with two attached hydrogens (primary N) is 1. The molecule has 0 saturated carbocycles. The van der Waals surface area contributed by atoms with Crippen molar-refractivity contribution in [1.29, 1.82) is 0 Å². The van der Waals surface area contributed by atoms with Gasteiger partial charge in [-0.15, -0.1) is 0 Å². The number of nitrogens with zero attached hydrogens (tertiary/aromatic N) is 3. The normalized spacial score (nSPS) is 14.6. The number of carbonyl (C=O) groups excluding carboxylic acids is 1. The maximum absolute atomic E-state index is 12.3. The monoisotopic (exact) mass is 368 g/mol. The van der Waals surface area contributed by atoms with Crippen LogP contribution in [0, 0.1) is 0 Å². The Morgan fingerprint density at radius 2 is 1.88 bits per heavy atom. The van der Waals surface area contributed by atoms with Crippen LogP contribution in [0.2, 0.25) is 0 Å².